The minimum atomic E-state index is -0.835. The third-order valence-corrected chi connectivity index (χ3v) is 2.69. The van der Waals surface area contributed by atoms with Crippen LogP contribution >= 0.6 is 0 Å². The second-order valence-electron chi connectivity index (χ2n) is 4.56. The van der Waals surface area contributed by atoms with E-state index in [1.54, 1.807) is 12.1 Å². The Hall–Kier alpha value is -1.91. The molecule has 0 fully saturated rings. The normalized spacial score (nSPS) is 11.9. The van der Waals surface area contributed by atoms with Crippen molar-refractivity contribution in [3.8, 4) is 0 Å². The lowest BCUT2D eigenvalue weighted by atomic mass is 10.1. The maximum absolute atomic E-state index is 12.9. The molecular formula is C14H18FNO3. The van der Waals surface area contributed by atoms with E-state index in [1.807, 2.05) is 6.92 Å². The highest BCUT2D eigenvalue weighted by molar-refractivity contribution is 5.78. The molecule has 1 aromatic rings. The van der Waals surface area contributed by atoms with Crippen molar-refractivity contribution in [1.29, 1.82) is 0 Å². The zero-order valence-corrected chi connectivity index (χ0v) is 10.9. The van der Waals surface area contributed by atoms with Crippen LogP contribution in [-0.2, 0) is 16.0 Å². The summed E-state index contributed by atoms with van der Waals surface area (Å²) in [6.07, 6.45) is 1.36. The third kappa shape index (κ3) is 6.55. The monoisotopic (exact) mass is 267 g/mol. The van der Waals surface area contributed by atoms with Gasteiger partial charge in [0.2, 0.25) is 5.91 Å². The number of aliphatic carboxylic acids is 1. The molecule has 0 saturated carbocycles. The molecule has 5 heteroatoms. The number of hydrogen-bond acceptors (Lipinski definition) is 2. The van der Waals surface area contributed by atoms with Gasteiger partial charge in [-0.25, -0.2) is 4.39 Å². The lowest BCUT2D eigenvalue weighted by Crippen LogP contribution is -2.33. The van der Waals surface area contributed by atoms with Gasteiger partial charge < -0.3 is 10.4 Å². The van der Waals surface area contributed by atoms with E-state index in [2.05, 4.69) is 5.32 Å². The van der Waals surface area contributed by atoms with Gasteiger partial charge in [0.15, 0.2) is 0 Å². The second-order valence-corrected chi connectivity index (χ2v) is 4.56. The van der Waals surface area contributed by atoms with E-state index in [0.717, 1.165) is 0 Å². The van der Waals surface area contributed by atoms with E-state index in [0.29, 0.717) is 18.4 Å². The fraction of sp³-hybridized carbons (Fsp3) is 0.429. The van der Waals surface area contributed by atoms with Gasteiger partial charge in [-0.1, -0.05) is 12.1 Å². The topological polar surface area (TPSA) is 66.4 Å². The zero-order chi connectivity index (χ0) is 14.3. The molecule has 0 aromatic heterocycles. The molecule has 0 aliphatic rings. The summed E-state index contributed by atoms with van der Waals surface area (Å²) in [6, 6.07) is 5.83. The summed E-state index contributed by atoms with van der Waals surface area (Å²) in [5, 5.41) is 11.3. The highest BCUT2D eigenvalue weighted by Crippen LogP contribution is 2.05. The third-order valence-electron chi connectivity index (χ3n) is 2.69. The van der Waals surface area contributed by atoms with Gasteiger partial charge in [0.25, 0.3) is 0 Å². The zero-order valence-electron chi connectivity index (χ0n) is 10.9. The van der Waals surface area contributed by atoms with Crippen molar-refractivity contribution >= 4 is 11.9 Å². The predicted octanol–water partition coefficient (Wildman–Crippen LogP) is 2.13. The van der Waals surface area contributed by atoms with Crippen molar-refractivity contribution in [2.75, 3.05) is 0 Å². The number of benzene rings is 1. The maximum atomic E-state index is 12.9. The van der Waals surface area contributed by atoms with Crippen molar-refractivity contribution in [2.24, 2.45) is 0 Å². The summed E-state index contributed by atoms with van der Waals surface area (Å²) < 4.78 is 12.9. The van der Waals surface area contributed by atoms with E-state index in [4.69, 9.17) is 5.11 Å². The Morgan fingerprint density at radius 3 is 2.79 bits per heavy atom. The van der Waals surface area contributed by atoms with E-state index < -0.39 is 5.97 Å². The Morgan fingerprint density at radius 2 is 2.16 bits per heavy atom. The molecule has 1 aromatic carbocycles. The second kappa shape index (κ2) is 7.51. The SMILES string of the molecule is CC(CCCC(=O)O)NC(=O)Cc1cccc(F)c1. The summed E-state index contributed by atoms with van der Waals surface area (Å²) in [5.74, 6) is -1.38. The molecule has 0 aliphatic carbocycles. The fourth-order valence-electron chi connectivity index (χ4n) is 1.79. The molecule has 0 heterocycles. The largest absolute Gasteiger partial charge is 0.481 e. The van der Waals surface area contributed by atoms with Crippen LogP contribution in [0.5, 0.6) is 0 Å². The molecule has 1 unspecified atom stereocenters. The first-order valence-electron chi connectivity index (χ1n) is 6.23. The molecule has 104 valence electrons. The first kappa shape index (κ1) is 15.1. The van der Waals surface area contributed by atoms with Gasteiger partial charge in [-0.05, 0) is 37.5 Å². The standard InChI is InChI=1S/C14H18FNO3/c1-10(4-2-7-14(18)19)16-13(17)9-11-5-3-6-12(15)8-11/h3,5-6,8,10H,2,4,7,9H2,1H3,(H,16,17)(H,18,19). The Labute approximate surface area is 111 Å². The molecule has 1 atom stereocenters. The number of carbonyl (C=O) groups is 2. The number of rotatable bonds is 7. The number of carboxylic acids is 1. The van der Waals surface area contributed by atoms with Gasteiger partial charge in [0.1, 0.15) is 5.82 Å². The number of amides is 1. The summed E-state index contributed by atoms with van der Waals surface area (Å²) in [7, 11) is 0. The van der Waals surface area contributed by atoms with E-state index in [-0.39, 0.29) is 30.6 Å². The number of carboxylic acid groups (broad SMARTS) is 1. The number of carbonyl (C=O) groups excluding carboxylic acids is 1. The molecule has 0 aliphatic heterocycles. The molecule has 0 saturated heterocycles. The minimum Gasteiger partial charge on any atom is -0.481 e. The fourth-order valence-corrected chi connectivity index (χ4v) is 1.79. The molecule has 0 bridgehead atoms. The minimum absolute atomic E-state index is 0.0830. The van der Waals surface area contributed by atoms with Crippen molar-refractivity contribution in [3.63, 3.8) is 0 Å². The van der Waals surface area contributed by atoms with Crippen LogP contribution in [0.1, 0.15) is 31.7 Å². The first-order valence-corrected chi connectivity index (χ1v) is 6.23. The van der Waals surface area contributed by atoms with Crippen LogP contribution in [-0.4, -0.2) is 23.0 Å². The van der Waals surface area contributed by atoms with Crippen molar-refractivity contribution in [2.45, 2.75) is 38.6 Å². The van der Waals surface area contributed by atoms with Crippen LogP contribution in [0.3, 0.4) is 0 Å². The van der Waals surface area contributed by atoms with E-state index in [9.17, 15) is 14.0 Å². The number of halogens is 1. The Kier molecular flexibility index (Phi) is 5.99. The van der Waals surface area contributed by atoms with Crippen molar-refractivity contribution in [3.05, 3.63) is 35.6 Å². The van der Waals surface area contributed by atoms with Crippen LogP contribution in [0.25, 0.3) is 0 Å². The van der Waals surface area contributed by atoms with Crippen LogP contribution < -0.4 is 5.32 Å². The molecular weight excluding hydrogens is 249 g/mol. The lowest BCUT2D eigenvalue weighted by molar-refractivity contribution is -0.137. The quantitative estimate of drug-likeness (QED) is 0.795. The molecule has 19 heavy (non-hydrogen) atoms. The summed E-state index contributed by atoms with van der Waals surface area (Å²) in [6.45, 7) is 1.82. The average molecular weight is 267 g/mol. The Balaban J connectivity index is 2.32. The molecule has 0 radical (unpaired) electrons. The van der Waals surface area contributed by atoms with Gasteiger partial charge in [0.05, 0.1) is 6.42 Å². The number of nitrogens with one attached hydrogen (secondary N) is 1. The predicted molar refractivity (Wildman–Crippen MR) is 69.2 cm³/mol. The van der Waals surface area contributed by atoms with Crippen molar-refractivity contribution in [1.82, 2.24) is 5.32 Å². The van der Waals surface area contributed by atoms with Gasteiger partial charge >= 0.3 is 5.97 Å². The van der Waals surface area contributed by atoms with Gasteiger partial charge in [0, 0.05) is 12.5 Å². The molecule has 2 N–H and O–H groups in total. The summed E-state index contributed by atoms with van der Waals surface area (Å²) >= 11 is 0. The Morgan fingerprint density at radius 1 is 1.42 bits per heavy atom. The van der Waals surface area contributed by atoms with Gasteiger partial charge in [-0.2, -0.15) is 0 Å². The van der Waals surface area contributed by atoms with Crippen LogP contribution in [0.15, 0.2) is 24.3 Å². The van der Waals surface area contributed by atoms with Gasteiger partial charge in [-0.3, -0.25) is 9.59 Å². The molecule has 1 amide bonds. The highest BCUT2D eigenvalue weighted by atomic mass is 19.1. The number of hydrogen-bond donors (Lipinski definition) is 2. The van der Waals surface area contributed by atoms with Crippen LogP contribution in [0, 0.1) is 5.82 Å². The van der Waals surface area contributed by atoms with E-state index in [1.165, 1.54) is 12.1 Å². The summed E-state index contributed by atoms with van der Waals surface area (Å²) in [5.41, 5.74) is 0.621. The average Bonchev–Trinajstić information content (AvgIpc) is 2.27. The first-order chi connectivity index (χ1) is 8.97. The molecule has 0 spiro atoms. The van der Waals surface area contributed by atoms with Crippen LogP contribution in [0.4, 0.5) is 4.39 Å². The van der Waals surface area contributed by atoms with Gasteiger partial charge in [-0.15, -0.1) is 0 Å². The highest BCUT2D eigenvalue weighted by Gasteiger charge is 2.09. The molecule has 1 rings (SSSR count). The summed E-state index contributed by atoms with van der Waals surface area (Å²) in [4.78, 5) is 22.0. The maximum Gasteiger partial charge on any atom is 0.303 e. The Bertz CT molecular complexity index is 448. The lowest BCUT2D eigenvalue weighted by Gasteiger charge is -2.13. The van der Waals surface area contributed by atoms with Crippen molar-refractivity contribution < 1.29 is 19.1 Å². The van der Waals surface area contributed by atoms with E-state index >= 15 is 0 Å². The smallest absolute Gasteiger partial charge is 0.303 e. The van der Waals surface area contributed by atoms with Crippen LogP contribution in [0.2, 0.25) is 0 Å². The molecule has 4 nitrogen and oxygen atoms in total.